The van der Waals surface area contributed by atoms with Crippen molar-refractivity contribution in [2.45, 2.75) is 64.3 Å². The van der Waals surface area contributed by atoms with Gasteiger partial charge >= 0.3 is 0 Å². The van der Waals surface area contributed by atoms with E-state index in [4.69, 9.17) is 14.7 Å². The second-order valence-corrected chi connectivity index (χ2v) is 9.40. The molecular weight excluding hydrogens is 414 g/mol. The number of carbonyl (C=O) groups excluding carboxylic acids is 1. The third-order valence-electron chi connectivity index (χ3n) is 6.75. The van der Waals surface area contributed by atoms with Crippen molar-refractivity contribution in [1.29, 1.82) is 0 Å². The fourth-order valence-electron chi connectivity index (χ4n) is 4.97. The predicted molar refractivity (Wildman–Crippen MR) is 132 cm³/mol. The first-order chi connectivity index (χ1) is 16.0. The maximum Gasteiger partial charge on any atom is 0.255 e. The van der Waals surface area contributed by atoms with Gasteiger partial charge < -0.3 is 20.3 Å². The first-order valence-electron chi connectivity index (χ1n) is 12.4. The average Bonchev–Trinajstić information content (AvgIpc) is 2.83. The molecule has 7 nitrogen and oxygen atoms in total. The summed E-state index contributed by atoms with van der Waals surface area (Å²) in [5.41, 5.74) is 3.14. The number of benzene rings is 1. The Balaban J connectivity index is 1.29. The fraction of sp³-hybridized carbons (Fsp3) is 0.577. The molecule has 0 bridgehead atoms. The molecule has 0 spiro atoms. The first-order valence-corrected chi connectivity index (χ1v) is 12.4. The highest BCUT2D eigenvalue weighted by Gasteiger charge is 2.24. The van der Waals surface area contributed by atoms with Crippen molar-refractivity contribution >= 4 is 17.7 Å². The van der Waals surface area contributed by atoms with Crippen molar-refractivity contribution in [3.05, 3.63) is 41.1 Å². The molecule has 33 heavy (non-hydrogen) atoms. The molecule has 2 N–H and O–H groups in total. The molecule has 2 aromatic rings. The van der Waals surface area contributed by atoms with Gasteiger partial charge in [0.2, 0.25) is 5.95 Å². The number of aromatic nitrogens is 2. The smallest absolute Gasteiger partial charge is 0.255 e. The zero-order valence-corrected chi connectivity index (χ0v) is 20.2. The van der Waals surface area contributed by atoms with Gasteiger partial charge in [-0.3, -0.25) is 4.79 Å². The Hall–Kier alpha value is -2.83. The molecule has 1 aromatic heterocycles. The molecule has 2 aliphatic carbocycles. The van der Waals surface area contributed by atoms with Crippen LogP contribution in [0.2, 0.25) is 0 Å². The van der Waals surface area contributed by atoms with Crippen LogP contribution in [0.15, 0.2) is 24.3 Å². The molecule has 1 fully saturated rings. The van der Waals surface area contributed by atoms with Crippen molar-refractivity contribution in [2.24, 2.45) is 5.92 Å². The molecule has 2 aliphatic rings. The van der Waals surface area contributed by atoms with Crippen LogP contribution in [0.5, 0.6) is 5.75 Å². The molecule has 0 aliphatic heterocycles. The normalized spacial score (nSPS) is 20.0. The van der Waals surface area contributed by atoms with Gasteiger partial charge in [-0.25, -0.2) is 4.98 Å². The molecule has 0 unspecified atom stereocenters. The lowest BCUT2D eigenvalue weighted by molar-refractivity contribution is 0.0939. The Bertz CT molecular complexity index is 954. The summed E-state index contributed by atoms with van der Waals surface area (Å²) in [6.45, 7) is 3.18. The quantitative estimate of drug-likeness (QED) is 0.626. The van der Waals surface area contributed by atoms with E-state index in [1.165, 1.54) is 24.1 Å². The van der Waals surface area contributed by atoms with Crippen molar-refractivity contribution < 1.29 is 9.53 Å². The lowest BCUT2D eigenvalue weighted by Crippen LogP contribution is -2.34. The Morgan fingerprint density at radius 2 is 1.85 bits per heavy atom. The van der Waals surface area contributed by atoms with Crippen LogP contribution in [0.25, 0.3) is 0 Å². The predicted octanol–water partition coefficient (Wildman–Crippen LogP) is 4.22. The van der Waals surface area contributed by atoms with Gasteiger partial charge in [0.25, 0.3) is 5.91 Å². The molecule has 178 valence electrons. The Kier molecular flexibility index (Phi) is 7.68. The van der Waals surface area contributed by atoms with Gasteiger partial charge in [-0.15, -0.1) is 0 Å². The van der Waals surface area contributed by atoms with E-state index in [0.29, 0.717) is 36.4 Å². The number of amides is 1. The third-order valence-corrected chi connectivity index (χ3v) is 6.75. The molecule has 7 heteroatoms. The minimum absolute atomic E-state index is 0.0574. The summed E-state index contributed by atoms with van der Waals surface area (Å²) in [4.78, 5) is 24.5. The van der Waals surface area contributed by atoms with Crippen LogP contribution in [-0.4, -0.2) is 49.2 Å². The van der Waals surface area contributed by atoms with E-state index in [1.807, 2.05) is 31.2 Å². The number of nitrogens with one attached hydrogen (secondary N) is 2. The minimum atomic E-state index is -0.0574. The number of fused-ring (bicyclic) bond motifs is 1. The fourth-order valence-corrected chi connectivity index (χ4v) is 4.97. The van der Waals surface area contributed by atoms with Crippen LogP contribution in [0.4, 0.5) is 11.8 Å². The van der Waals surface area contributed by atoms with Crippen LogP contribution in [0.3, 0.4) is 0 Å². The molecule has 0 radical (unpaired) electrons. The van der Waals surface area contributed by atoms with Crippen molar-refractivity contribution in [1.82, 2.24) is 15.3 Å². The number of rotatable bonds is 8. The Labute approximate surface area is 197 Å². The van der Waals surface area contributed by atoms with E-state index in [2.05, 4.69) is 29.6 Å². The largest absolute Gasteiger partial charge is 0.493 e. The number of hydrogen-bond acceptors (Lipinski definition) is 6. The SMILES string of the molecule is CCOc1ccccc1C(=O)NCC1CCC(Nc2nc3c(c(N(C)C)n2)CCCC3)CC1. The van der Waals surface area contributed by atoms with E-state index in [9.17, 15) is 4.79 Å². The molecule has 1 saturated carbocycles. The van der Waals surface area contributed by atoms with E-state index < -0.39 is 0 Å². The van der Waals surface area contributed by atoms with Crippen LogP contribution >= 0.6 is 0 Å². The minimum Gasteiger partial charge on any atom is -0.493 e. The van der Waals surface area contributed by atoms with Gasteiger partial charge in [-0.05, 0) is 76.3 Å². The van der Waals surface area contributed by atoms with Gasteiger partial charge in [-0.2, -0.15) is 4.98 Å². The molecule has 1 heterocycles. The van der Waals surface area contributed by atoms with Gasteiger partial charge in [-0.1, -0.05) is 12.1 Å². The molecule has 0 atom stereocenters. The van der Waals surface area contributed by atoms with Crippen LogP contribution in [-0.2, 0) is 12.8 Å². The summed E-state index contributed by atoms with van der Waals surface area (Å²) in [5.74, 6) is 2.91. The lowest BCUT2D eigenvalue weighted by Gasteiger charge is -2.30. The molecule has 1 amide bonds. The highest BCUT2D eigenvalue weighted by molar-refractivity contribution is 5.96. The summed E-state index contributed by atoms with van der Waals surface area (Å²) in [7, 11) is 4.13. The third kappa shape index (κ3) is 5.75. The zero-order chi connectivity index (χ0) is 23.2. The maximum atomic E-state index is 12.7. The summed E-state index contributed by atoms with van der Waals surface area (Å²) >= 11 is 0. The Morgan fingerprint density at radius 1 is 1.09 bits per heavy atom. The van der Waals surface area contributed by atoms with Crippen molar-refractivity contribution in [3.8, 4) is 5.75 Å². The highest BCUT2D eigenvalue weighted by Crippen LogP contribution is 2.30. The van der Waals surface area contributed by atoms with Gasteiger partial charge in [0, 0.05) is 32.2 Å². The molecule has 1 aromatic carbocycles. The zero-order valence-electron chi connectivity index (χ0n) is 20.2. The maximum absolute atomic E-state index is 12.7. The van der Waals surface area contributed by atoms with Crippen molar-refractivity contribution in [3.63, 3.8) is 0 Å². The number of hydrogen-bond donors (Lipinski definition) is 2. The molecular formula is C26H37N5O2. The summed E-state index contributed by atoms with van der Waals surface area (Å²) < 4.78 is 5.59. The average molecular weight is 452 g/mol. The van der Waals surface area contributed by atoms with E-state index >= 15 is 0 Å². The van der Waals surface area contributed by atoms with E-state index in [0.717, 1.165) is 50.3 Å². The topological polar surface area (TPSA) is 79.4 Å². The molecule has 4 rings (SSSR count). The number of carbonyl (C=O) groups is 1. The number of para-hydroxylation sites is 1. The van der Waals surface area contributed by atoms with Gasteiger partial charge in [0.1, 0.15) is 11.6 Å². The number of anilines is 2. The number of ether oxygens (including phenoxy) is 1. The highest BCUT2D eigenvalue weighted by atomic mass is 16.5. The standard InChI is InChI=1S/C26H37N5O2/c1-4-33-23-12-8-6-10-21(23)25(32)27-17-18-13-15-19(16-14-18)28-26-29-22-11-7-5-9-20(22)24(30-26)31(2)3/h6,8,10,12,18-19H,4-5,7,9,11,13-17H2,1-3H3,(H,27,32)(H,28,29,30). The molecule has 0 saturated heterocycles. The lowest BCUT2D eigenvalue weighted by atomic mass is 9.86. The second kappa shape index (κ2) is 10.9. The summed E-state index contributed by atoms with van der Waals surface area (Å²) in [5, 5.41) is 6.72. The van der Waals surface area contributed by atoms with Crippen molar-refractivity contribution in [2.75, 3.05) is 37.5 Å². The van der Waals surface area contributed by atoms with Gasteiger partial charge in [0.05, 0.1) is 17.9 Å². The summed E-state index contributed by atoms with van der Waals surface area (Å²) in [6, 6.07) is 7.82. The van der Waals surface area contributed by atoms with Crippen LogP contribution in [0, 0.1) is 5.92 Å². The second-order valence-electron chi connectivity index (χ2n) is 9.40. The van der Waals surface area contributed by atoms with Crippen LogP contribution in [0.1, 0.15) is 67.1 Å². The number of nitrogens with zero attached hydrogens (tertiary/aromatic N) is 3. The van der Waals surface area contributed by atoms with Gasteiger partial charge in [0.15, 0.2) is 0 Å². The monoisotopic (exact) mass is 451 g/mol. The first kappa shape index (κ1) is 23.3. The summed E-state index contributed by atoms with van der Waals surface area (Å²) in [6.07, 6.45) is 8.85. The number of aryl methyl sites for hydroxylation is 1. The van der Waals surface area contributed by atoms with Crippen LogP contribution < -0.4 is 20.3 Å². The van der Waals surface area contributed by atoms with E-state index in [1.54, 1.807) is 0 Å². The Morgan fingerprint density at radius 3 is 2.61 bits per heavy atom. The van der Waals surface area contributed by atoms with E-state index in [-0.39, 0.29) is 5.91 Å².